The zero-order chi connectivity index (χ0) is 14.4. The molecular weight excluding hydrogens is 276 g/mol. The predicted molar refractivity (Wildman–Crippen MR) is 76.5 cm³/mol. The van der Waals surface area contributed by atoms with Crippen LogP contribution in [0, 0.1) is 11.3 Å². The molecule has 0 aromatic heterocycles. The van der Waals surface area contributed by atoms with Crippen molar-refractivity contribution in [3.05, 3.63) is 29.3 Å². The number of halogens is 1. The quantitative estimate of drug-likeness (QED) is 0.784. The maximum absolute atomic E-state index is 12.2. The predicted octanol–water partition coefficient (Wildman–Crippen LogP) is 3.01. The van der Waals surface area contributed by atoms with E-state index >= 15 is 0 Å². The molecule has 1 fully saturated rings. The van der Waals surface area contributed by atoms with E-state index in [1.54, 1.807) is 29.2 Å². The minimum absolute atomic E-state index is 0.0419. The van der Waals surface area contributed by atoms with Crippen molar-refractivity contribution in [1.82, 2.24) is 4.90 Å². The van der Waals surface area contributed by atoms with Crippen LogP contribution in [0.25, 0.3) is 0 Å². The summed E-state index contributed by atoms with van der Waals surface area (Å²) >= 11 is 5.79. The molecule has 20 heavy (non-hydrogen) atoms. The average Bonchev–Trinajstić information content (AvgIpc) is 2.97. The fourth-order valence-corrected chi connectivity index (χ4v) is 2.60. The number of hydrogen-bond acceptors (Lipinski definition) is 3. The van der Waals surface area contributed by atoms with Crippen molar-refractivity contribution < 1.29 is 9.53 Å². The van der Waals surface area contributed by atoms with Crippen molar-refractivity contribution >= 4 is 17.5 Å². The molecule has 1 saturated carbocycles. The first-order valence-electron chi connectivity index (χ1n) is 6.75. The van der Waals surface area contributed by atoms with Crippen LogP contribution in [0.2, 0.25) is 5.02 Å². The molecular formula is C15H17ClN2O2. The molecule has 2 rings (SSSR count). The van der Waals surface area contributed by atoms with Gasteiger partial charge in [0, 0.05) is 11.1 Å². The third kappa shape index (κ3) is 3.88. The van der Waals surface area contributed by atoms with Crippen molar-refractivity contribution in [3.8, 4) is 11.8 Å². The Kier molecular flexibility index (Phi) is 5.25. The number of nitriles is 1. The second-order valence-corrected chi connectivity index (χ2v) is 5.30. The van der Waals surface area contributed by atoms with Gasteiger partial charge in [0.15, 0.2) is 6.61 Å². The first-order valence-corrected chi connectivity index (χ1v) is 7.13. The zero-order valence-corrected chi connectivity index (χ0v) is 12.0. The van der Waals surface area contributed by atoms with Crippen molar-refractivity contribution in [2.24, 2.45) is 0 Å². The summed E-state index contributed by atoms with van der Waals surface area (Å²) in [5.41, 5.74) is 0. The second kappa shape index (κ2) is 7.16. The van der Waals surface area contributed by atoms with Gasteiger partial charge in [-0.15, -0.1) is 0 Å². The normalized spacial score (nSPS) is 14.8. The lowest BCUT2D eigenvalue weighted by molar-refractivity contribution is -0.134. The van der Waals surface area contributed by atoms with Crippen LogP contribution >= 0.6 is 11.6 Å². The van der Waals surface area contributed by atoms with Crippen LogP contribution in [0.15, 0.2) is 24.3 Å². The van der Waals surface area contributed by atoms with Gasteiger partial charge < -0.3 is 9.64 Å². The van der Waals surface area contributed by atoms with Gasteiger partial charge in [-0.05, 0) is 37.1 Å². The molecule has 4 nitrogen and oxygen atoms in total. The fourth-order valence-electron chi connectivity index (χ4n) is 2.47. The molecule has 0 heterocycles. The number of amides is 1. The summed E-state index contributed by atoms with van der Waals surface area (Å²) in [7, 11) is 0. The van der Waals surface area contributed by atoms with Crippen LogP contribution in [-0.2, 0) is 4.79 Å². The van der Waals surface area contributed by atoms with Gasteiger partial charge in [-0.2, -0.15) is 5.26 Å². The Hall–Kier alpha value is -1.73. The number of rotatable bonds is 5. The Morgan fingerprint density at radius 2 is 2.00 bits per heavy atom. The molecule has 0 radical (unpaired) electrons. The zero-order valence-electron chi connectivity index (χ0n) is 11.2. The molecule has 0 N–H and O–H groups in total. The summed E-state index contributed by atoms with van der Waals surface area (Å²) in [5.74, 6) is 0.472. The van der Waals surface area contributed by atoms with E-state index in [2.05, 4.69) is 6.07 Å². The van der Waals surface area contributed by atoms with Gasteiger partial charge in [-0.3, -0.25) is 4.79 Å². The Labute approximate surface area is 123 Å². The number of nitrogens with zero attached hydrogens (tertiary/aromatic N) is 2. The van der Waals surface area contributed by atoms with E-state index in [1.807, 2.05) is 0 Å². The molecule has 1 amide bonds. The Morgan fingerprint density at radius 3 is 2.60 bits per heavy atom. The summed E-state index contributed by atoms with van der Waals surface area (Å²) in [6.07, 6.45) is 4.21. The fraction of sp³-hybridized carbons (Fsp3) is 0.467. The third-order valence-corrected chi connectivity index (χ3v) is 3.75. The van der Waals surface area contributed by atoms with E-state index in [0.29, 0.717) is 10.8 Å². The summed E-state index contributed by atoms with van der Waals surface area (Å²) in [4.78, 5) is 13.8. The number of ether oxygens (including phenoxy) is 1. The monoisotopic (exact) mass is 292 g/mol. The van der Waals surface area contributed by atoms with Crippen LogP contribution in [0.5, 0.6) is 5.75 Å². The molecule has 0 spiro atoms. The number of carbonyl (C=O) groups is 1. The first-order chi connectivity index (χ1) is 9.70. The second-order valence-electron chi connectivity index (χ2n) is 4.86. The topological polar surface area (TPSA) is 53.3 Å². The average molecular weight is 293 g/mol. The van der Waals surface area contributed by atoms with Crippen LogP contribution in [-0.4, -0.2) is 30.0 Å². The molecule has 0 bridgehead atoms. The van der Waals surface area contributed by atoms with E-state index in [-0.39, 0.29) is 25.1 Å². The lowest BCUT2D eigenvalue weighted by atomic mass is 10.2. The van der Waals surface area contributed by atoms with Gasteiger partial charge in [-0.1, -0.05) is 24.4 Å². The number of carbonyl (C=O) groups excluding carboxylic acids is 1. The van der Waals surface area contributed by atoms with Crippen LogP contribution in [0.1, 0.15) is 25.7 Å². The van der Waals surface area contributed by atoms with Gasteiger partial charge in [-0.25, -0.2) is 0 Å². The van der Waals surface area contributed by atoms with Crippen LogP contribution in [0.3, 0.4) is 0 Å². The number of benzene rings is 1. The van der Waals surface area contributed by atoms with Gasteiger partial charge in [0.2, 0.25) is 0 Å². The van der Waals surface area contributed by atoms with Gasteiger partial charge in [0.1, 0.15) is 12.3 Å². The molecule has 0 unspecified atom stereocenters. The van der Waals surface area contributed by atoms with Crippen LogP contribution in [0.4, 0.5) is 0 Å². The first kappa shape index (κ1) is 14.7. The third-order valence-electron chi connectivity index (χ3n) is 3.50. The summed E-state index contributed by atoms with van der Waals surface area (Å²) in [5, 5.41) is 9.49. The van der Waals surface area contributed by atoms with Gasteiger partial charge >= 0.3 is 0 Å². The lowest BCUT2D eigenvalue weighted by Crippen LogP contribution is -2.41. The summed E-state index contributed by atoms with van der Waals surface area (Å²) < 4.78 is 5.45. The maximum atomic E-state index is 12.2. The smallest absolute Gasteiger partial charge is 0.261 e. The molecule has 1 aromatic carbocycles. The molecule has 1 aromatic rings. The molecule has 5 heteroatoms. The van der Waals surface area contributed by atoms with Gasteiger partial charge in [0.05, 0.1) is 6.07 Å². The van der Waals surface area contributed by atoms with Crippen molar-refractivity contribution in [3.63, 3.8) is 0 Å². The minimum atomic E-state index is -0.131. The molecule has 0 atom stereocenters. The van der Waals surface area contributed by atoms with E-state index in [4.69, 9.17) is 21.6 Å². The Balaban J connectivity index is 1.91. The SMILES string of the molecule is N#CCN(C(=O)COc1ccc(Cl)cc1)C1CCCC1. The minimum Gasteiger partial charge on any atom is -0.484 e. The highest BCUT2D eigenvalue weighted by Crippen LogP contribution is 2.23. The Morgan fingerprint density at radius 1 is 1.35 bits per heavy atom. The molecule has 0 aliphatic heterocycles. The largest absolute Gasteiger partial charge is 0.484 e. The van der Waals surface area contributed by atoms with Crippen molar-refractivity contribution in [1.29, 1.82) is 5.26 Å². The summed E-state index contributed by atoms with van der Waals surface area (Å²) in [6, 6.07) is 9.13. The van der Waals surface area contributed by atoms with Crippen molar-refractivity contribution in [2.45, 2.75) is 31.7 Å². The Bertz CT molecular complexity index is 490. The highest BCUT2D eigenvalue weighted by molar-refractivity contribution is 6.30. The van der Waals surface area contributed by atoms with Crippen molar-refractivity contribution in [2.75, 3.05) is 13.2 Å². The highest BCUT2D eigenvalue weighted by atomic mass is 35.5. The van der Waals surface area contributed by atoms with E-state index in [9.17, 15) is 4.79 Å². The lowest BCUT2D eigenvalue weighted by Gasteiger charge is -2.26. The molecule has 1 aliphatic rings. The highest BCUT2D eigenvalue weighted by Gasteiger charge is 2.26. The van der Waals surface area contributed by atoms with Gasteiger partial charge in [0.25, 0.3) is 5.91 Å². The van der Waals surface area contributed by atoms with Crippen LogP contribution < -0.4 is 4.74 Å². The maximum Gasteiger partial charge on any atom is 0.261 e. The van der Waals surface area contributed by atoms with E-state index in [0.717, 1.165) is 25.7 Å². The summed E-state index contributed by atoms with van der Waals surface area (Å²) in [6.45, 7) is 0.0906. The standard InChI is InChI=1S/C15H17ClN2O2/c16-12-5-7-14(8-6-12)20-11-15(19)18(10-9-17)13-3-1-2-4-13/h5-8,13H,1-4,10-11H2. The molecule has 106 valence electrons. The van der Waals surface area contributed by atoms with E-state index in [1.165, 1.54) is 0 Å². The molecule has 1 aliphatic carbocycles. The number of hydrogen-bond donors (Lipinski definition) is 0. The molecule has 0 saturated heterocycles. The van der Waals surface area contributed by atoms with E-state index < -0.39 is 0 Å².